The van der Waals surface area contributed by atoms with Gasteiger partial charge >= 0.3 is 0 Å². The van der Waals surface area contributed by atoms with Gasteiger partial charge in [0, 0.05) is 55.0 Å². The summed E-state index contributed by atoms with van der Waals surface area (Å²) in [5.41, 5.74) is 4.44. The molecule has 0 amide bonds. The summed E-state index contributed by atoms with van der Waals surface area (Å²) >= 11 is 0. The van der Waals surface area contributed by atoms with E-state index in [1.807, 2.05) is 43.5 Å². The van der Waals surface area contributed by atoms with E-state index >= 15 is 0 Å². The third-order valence-corrected chi connectivity index (χ3v) is 4.83. The Morgan fingerprint density at radius 1 is 1.15 bits per heavy atom. The molecular weight excluding hydrogens is 324 g/mol. The first-order valence-corrected chi connectivity index (χ1v) is 9.19. The molecule has 0 N–H and O–H groups in total. The Morgan fingerprint density at radius 2 is 1.96 bits per heavy atom. The molecule has 0 atom stereocenters. The third kappa shape index (κ3) is 3.40. The first-order chi connectivity index (χ1) is 12.6. The lowest BCUT2D eigenvalue weighted by Crippen LogP contribution is -2.31. The first kappa shape index (κ1) is 16.9. The maximum Gasteiger partial charge on any atom is 0.226 e. The van der Waals surface area contributed by atoms with Crippen LogP contribution in [-0.4, -0.2) is 26.4 Å². The van der Waals surface area contributed by atoms with Crippen LogP contribution >= 0.6 is 0 Å². The standard InChI is InChI=1S/C21H24N4O/c1-14(2)20-22-11-17-12-25(10-9-18(17)23-20)13-19-15(3)26-21(24-19)16-7-5-4-6-8-16/h4-8,11,14H,9-10,12-13H2,1-3H3. The normalized spacial score (nSPS) is 14.6. The molecule has 134 valence electrons. The minimum Gasteiger partial charge on any atom is -0.441 e. The van der Waals surface area contributed by atoms with Crippen molar-refractivity contribution < 1.29 is 4.42 Å². The number of aryl methyl sites for hydroxylation is 1. The molecule has 5 nitrogen and oxygen atoms in total. The molecule has 5 heteroatoms. The van der Waals surface area contributed by atoms with Gasteiger partial charge in [0.2, 0.25) is 5.89 Å². The van der Waals surface area contributed by atoms with E-state index in [9.17, 15) is 0 Å². The van der Waals surface area contributed by atoms with Crippen molar-refractivity contribution in [1.29, 1.82) is 0 Å². The van der Waals surface area contributed by atoms with Crippen molar-refractivity contribution in [2.75, 3.05) is 6.54 Å². The lowest BCUT2D eigenvalue weighted by Gasteiger charge is -2.27. The van der Waals surface area contributed by atoms with Crippen LogP contribution < -0.4 is 0 Å². The highest BCUT2D eigenvalue weighted by molar-refractivity contribution is 5.53. The molecule has 3 heterocycles. The van der Waals surface area contributed by atoms with Crippen molar-refractivity contribution in [3.05, 3.63) is 65.1 Å². The number of nitrogens with zero attached hydrogens (tertiary/aromatic N) is 4. The van der Waals surface area contributed by atoms with Crippen molar-refractivity contribution in [2.24, 2.45) is 0 Å². The second-order valence-electron chi connectivity index (χ2n) is 7.20. The molecule has 0 bridgehead atoms. The summed E-state index contributed by atoms with van der Waals surface area (Å²) in [6.07, 6.45) is 2.95. The SMILES string of the molecule is Cc1oc(-c2ccccc2)nc1CN1CCc2nc(C(C)C)ncc2C1. The highest BCUT2D eigenvalue weighted by Crippen LogP contribution is 2.24. The van der Waals surface area contributed by atoms with Gasteiger partial charge in [0.15, 0.2) is 0 Å². The van der Waals surface area contributed by atoms with Gasteiger partial charge in [0.05, 0.1) is 5.69 Å². The minimum absolute atomic E-state index is 0.368. The van der Waals surface area contributed by atoms with Crippen LogP contribution in [0.4, 0.5) is 0 Å². The predicted octanol–water partition coefficient (Wildman–Crippen LogP) is 4.12. The summed E-state index contributed by atoms with van der Waals surface area (Å²) in [6, 6.07) is 10.0. The van der Waals surface area contributed by atoms with Crippen LogP contribution in [0.3, 0.4) is 0 Å². The summed E-state index contributed by atoms with van der Waals surface area (Å²) in [4.78, 5) is 16.4. The molecule has 0 radical (unpaired) electrons. The summed E-state index contributed by atoms with van der Waals surface area (Å²) in [5.74, 6) is 2.89. The van der Waals surface area contributed by atoms with Crippen LogP contribution in [0.1, 0.15) is 48.3 Å². The van der Waals surface area contributed by atoms with Gasteiger partial charge in [-0.15, -0.1) is 0 Å². The highest BCUT2D eigenvalue weighted by atomic mass is 16.4. The molecule has 0 saturated carbocycles. The molecule has 4 rings (SSSR count). The third-order valence-electron chi connectivity index (χ3n) is 4.83. The zero-order valence-electron chi connectivity index (χ0n) is 15.6. The highest BCUT2D eigenvalue weighted by Gasteiger charge is 2.21. The Labute approximate surface area is 154 Å². The fourth-order valence-corrected chi connectivity index (χ4v) is 3.29. The van der Waals surface area contributed by atoms with Crippen molar-refractivity contribution >= 4 is 0 Å². The number of rotatable bonds is 4. The maximum atomic E-state index is 5.89. The largest absolute Gasteiger partial charge is 0.441 e. The predicted molar refractivity (Wildman–Crippen MR) is 101 cm³/mol. The van der Waals surface area contributed by atoms with Crippen molar-refractivity contribution in [1.82, 2.24) is 19.9 Å². The molecule has 0 unspecified atom stereocenters. The molecule has 1 aliphatic rings. The molecule has 26 heavy (non-hydrogen) atoms. The van der Waals surface area contributed by atoms with Crippen LogP contribution in [0.2, 0.25) is 0 Å². The van der Waals surface area contributed by atoms with E-state index in [0.29, 0.717) is 11.8 Å². The van der Waals surface area contributed by atoms with E-state index in [0.717, 1.165) is 48.9 Å². The first-order valence-electron chi connectivity index (χ1n) is 9.19. The Balaban J connectivity index is 1.50. The quantitative estimate of drug-likeness (QED) is 0.710. The lowest BCUT2D eigenvalue weighted by atomic mass is 10.1. The topological polar surface area (TPSA) is 55.1 Å². The second-order valence-corrected chi connectivity index (χ2v) is 7.20. The number of fused-ring (bicyclic) bond motifs is 1. The Bertz CT molecular complexity index is 902. The lowest BCUT2D eigenvalue weighted by molar-refractivity contribution is 0.238. The van der Waals surface area contributed by atoms with E-state index in [-0.39, 0.29) is 0 Å². The van der Waals surface area contributed by atoms with Crippen molar-refractivity contribution in [3.63, 3.8) is 0 Å². The van der Waals surface area contributed by atoms with Gasteiger partial charge < -0.3 is 4.42 Å². The van der Waals surface area contributed by atoms with E-state index in [4.69, 9.17) is 14.4 Å². The Kier molecular flexibility index (Phi) is 4.55. The van der Waals surface area contributed by atoms with Gasteiger partial charge in [0.1, 0.15) is 11.6 Å². The second kappa shape index (κ2) is 7.00. The minimum atomic E-state index is 0.368. The number of hydrogen-bond acceptors (Lipinski definition) is 5. The summed E-state index contributed by atoms with van der Waals surface area (Å²) in [6.45, 7) is 8.89. The van der Waals surface area contributed by atoms with Gasteiger partial charge in [-0.05, 0) is 19.1 Å². The molecule has 0 fully saturated rings. The van der Waals surface area contributed by atoms with E-state index < -0.39 is 0 Å². The maximum absolute atomic E-state index is 5.89. The van der Waals surface area contributed by atoms with Crippen LogP contribution in [0.5, 0.6) is 0 Å². The fraction of sp³-hybridized carbons (Fsp3) is 0.381. The molecule has 0 spiro atoms. The summed E-state index contributed by atoms with van der Waals surface area (Å²) in [5, 5.41) is 0. The van der Waals surface area contributed by atoms with E-state index in [1.54, 1.807) is 0 Å². The van der Waals surface area contributed by atoms with Crippen molar-refractivity contribution in [2.45, 2.75) is 46.2 Å². The zero-order chi connectivity index (χ0) is 18.1. The summed E-state index contributed by atoms with van der Waals surface area (Å²) in [7, 11) is 0. The number of hydrogen-bond donors (Lipinski definition) is 0. The Hall–Kier alpha value is -2.53. The van der Waals surface area contributed by atoms with Gasteiger partial charge in [-0.2, -0.15) is 0 Å². The van der Waals surface area contributed by atoms with E-state index in [2.05, 4.69) is 23.7 Å². The van der Waals surface area contributed by atoms with Crippen LogP contribution in [0, 0.1) is 6.92 Å². The zero-order valence-corrected chi connectivity index (χ0v) is 15.6. The van der Waals surface area contributed by atoms with Crippen LogP contribution in [-0.2, 0) is 19.5 Å². The van der Waals surface area contributed by atoms with Gasteiger partial charge in [-0.25, -0.2) is 15.0 Å². The summed E-state index contributed by atoms with van der Waals surface area (Å²) < 4.78 is 5.89. The molecule has 0 saturated heterocycles. The average Bonchev–Trinajstić information content (AvgIpc) is 3.02. The molecular formula is C21H24N4O. The Morgan fingerprint density at radius 3 is 2.73 bits per heavy atom. The number of oxazole rings is 1. The van der Waals surface area contributed by atoms with Gasteiger partial charge in [0.25, 0.3) is 0 Å². The molecule has 3 aromatic rings. The van der Waals surface area contributed by atoms with Crippen LogP contribution in [0.25, 0.3) is 11.5 Å². The molecule has 0 aliphatic carbocycles. The number of benzene rings is 1. The van der Waals surface area contributed by atoms with Crippen LogP contribution in [0.15, 0.2) is 40.9 Å². The molecule has 2 aromatic heterocycles. The fourth-order valence-electron chi connectivity index (χ4n) is 3.29. The van der Waals surface area contributed by atoms with Gasteiger partial charge in [-0.3, -0.25) is 4.90 Å². The average molecular weight is 348 g/mol. The molecule has 1 aromatic carbocycles. The van der Waals surface area contributed by atoms with E-state index in [1.165, 1.54) is 11.3 Å². The smallest absolute Gasteiger partial charge is 0.226 e. The van der Waals surface area contributed by atoms with Gasteiger partial charge in [-0.1, -0.05) is 32.0 Å². The molecule has 1 aliphatic heterocycles. The van der Waals surface area contributed by atoms with Crippen molar-refractivity contribution in [3.8, 4) is 11.5 Å². The number of aromatic nitrogens is 3. The monoisotopic (exact) mass is 348 g/mol.